The van der Waals surface area contributed by atoms with E-state index in [1.807, 2.05) is 0 Å². The zero-order valence-electron chi connectivity index (χ0n) is 13.1. The van der Waals surface area contributed by atoms with Crippen LogP contribution in [0.3, 0.4) is 0 Å². The molecular weight excluding hydrogens is 278 g/mol. The van der Waals surface area contributed by atoms with Gasteiger partial charge in [-0.05, 0) is 29.1 Å². The molecule has 0 saturated heterocycles. The maximum absolute atomic E-state index is 2.46. The summed E-state index contributed by atoms with van der Waals surface area (Å²) in [5, 5.41) is 8.12. The Morgan fingerprint density at radius 3 is 1.83 bits per heavy atom. The number of nitrogens with zero attached hydrogens (tertiary/aromatic N) is 1. The van der Waals surface area contributed by atoms with Crippen molar-refractivity contribution in [2.75, 3.05) is 0 Å². The molecule has 5 rings (SSSR count). The summed E-state index contributed by atoms with van der Waals surface area (Å²) in [5.74, 6) is 0. The first-order valence-corrected chi connectivity index (χ1v) is 8.20. The third-order valence-corrected chi connectivity index (χ3v) is 4.96. The van der Waals surface area contributed by atoms with E-state index in [0.717, 1.165) is 6.54 Å². The molecule has 0 saturated carbocycles. The topological polar surface area (TPSA) is 4.93 Å². The van der Waals surface area contributed by atoms with Crippen LogP contribution in [0.25, 0.3) is 43.4 Å². The number of hydrogen-bond donors (Lipinski definition) is 0. The first-order valence-electron chi connectivity index (χ1n) is 8.20. The molecule has 1 heteroatoms. The largest absolute Gasteiger partial charge is 0.340 e. The second-order valence-electron chi connectivity index (χ2n) is 6.08. The molecule has 23 heavy (non-hydrogen) atoms. The van der Waals surface area contributed by atoms with Gasteiger partial charge in [0.1, 0.15) is 0 Å². The van der Waals surface area contributed by atoms with Crippen LogP contribution in [0.5, 0.6) is 0 Å². The third-order valence-electron chi connectivity index (χ3n) is 4.96. The lowest BCUT2D eigenvalue weighted by atomic mass is 9.97. The monoisotopic (exact) mass is 295 g/mol. The van der Waals surface area contributed by atoms with Gasteiger partial charge < -0.3 is 4.57 Å². The number of rotatable bonds is 1. The lowest BCUT2D eigenvalue weighted by Gasteiger charge is -2.10. The molecule has 0 aliphatic heterocycles. The lowest BCUT2D eigenvalue weighted by Crippen LogP contribution is -1.94. The van der Waals surface area contributed by atoms with E-state index in [9.17, 15) is 0 Å². The van der Waals surface area contributed by atoms with Crippen molar-refractivity contribution in [2.24, 2.45) is 0 Å². The van der Waals surface area contributed by atoms with E-state index < -0.39 is 0 Å². The zero-order valence-corrected chi connectivity index (χ0v) is 13.1. The molecule has 110 valence electrons. The molecular formula is C22H17N. The predicted octanol–water partition coefficient (Wildman–Crippen LogP) is 6.12. The summed E-state index contributed by atoms with van der Waals surface area (Å²) in [6, 6.07) is 26.4. The SMILES string of the molecule is CCn1c2ccccc2c2c3ccccc3c3ccccc3c21. The summed E-state index contributed by atoms with van der Waals surface area (Å²) in [6.45, 7) is 3.21. The van der Waals surface area contributed by atoms with E-state index in [4.69, 9.17) is 0 Å². The minimum absolute atomic E-state index is 0.979. The van der Waals surface area contributed by atoms with Crippen LogP contribution in [-0.2, 0) is 6.54 Å². The van der Waals surface area contributed by atoms with E-state index in [1.165, 1.54) is 43.4 Å². The number of hydrogen-bond acceptors (Lipinski definition) is 0. The van der Waals surface area contributed by atoms with Crippen molar-refractivity contribution in [1.82, 2.24) is 4.57 Å². The van der Waals surface area contributed by atoms with Crippen molar-refractivity contribution < 1.29 is 0 Å². The van der Waals surface area contributed by atoms with E-state index in [1.54, 1.807) is 0 Å². The van der Waals surface area contributed by atoms with Crippen LogP contribution >= 0.6 is 0 Å². The van der Waals surface area contributed by atoms with Gasteiger partial charge in [-0.1, -0.05) is 66.7 Å². The maximum atomic E-state index is 2.46. The van der Waals surface area contributed by atoms with Crippen LogP contribution in [0, 0.1) is 0 Å². The second-order valence-corrected chi connectivity index (χ2v) is 6.08. The van der Waals surface area contributed by atoms with E-state index in [-0.39, 0.29) is 0 Å². The molecule has 4 aromatic carbocycles. The van der Waals surface area contributed by atoms with Crippen LogP contribution in [0.2, 0.25) is 0 Å². The van der Waals surface area contributed by atoms with E-state index >= 15 is 0 Å². The Kier molecular flexibility index (Phi) is 2.54. The van der Waals surface area contributed by atoms with Crippen LogP contribution < -0.4 is 0 Å². The van der Waals surface area contributed by atoms with Crippen LogP contribution in [0.1, 0.15) is 6.92 Å². The number of para-hydroxylation sites is 1. The molecule has 0 aliphatic rings. The van der Waals surface area contributed by atoms with Gasteiger partial charge in [-0.25, -0.2) is 0 Å². The highest BCUT2D eigenvalue weighted by Gasteiger charge is 2.16. The Hall–Kier alpha value is -2.80. The first kappa shape index (κ1) is 12.7. The minimum Gasteiger partial charge on any atom is -0.340 e. The molecule has 5 aromatic rings. The molecule has 1 aromatic heterocycles. The average Bonchev–Trinajstić information content (AvgIpc) is 2.97. The molecule has 1 heterocycles. The quantitative estimate of drug-likeness (QED) is 0.328. The molecule has 0 spiro atoms. The molecule has 0 unspecified atom stereocenters. The van der Waals surface area contributed by atoms with Crippen LogP contribution in [0.15, 0.2) is 72.8 Å². The van der Waals surface area contributed by atoms with Crippen molar-refractivity contribution >= 4 is 43.4 Å². The fourth-order valence-electron chi connectivity index (χ4n) is 4.05. The summed E-state index contributed by atoms with van der Waals surface area (Å²) in [6.07, 6.45) is 0. The van der Waals surface area contributed by atoms with Gasteiger partial charge in [0, 0.05) is 28.2 Å². The van der Waals surface area contributed by atoms with E-state index in [2.05, 4.69) is 84.3 Å². The number of aryl methyl sites for hydroxylation is 1. The van der Waals surface area contributed by atoms with Gasteiger partial charge in [0.25, 0.3) is 0 Å². The average molecular weight is 295 g/mol. The minimum atomic E-state index is 0.979. The highest BCUT2D eigenvalue weighted by Crippen LogP contribution is 2.40. The van der Waals surface area contributed by atoms with Gasteiger partial charge in [0.05, 0.1) is 5.52 Å². The molecule has 0 amide bonds. The van der Waals surface area contributed by atoms with E-state index in [0.29, 0.717) is 0 Å². The van der Waals surface area contributed by atoms with Crippen molar-refractivity contribution in [2.45, 2.75) is 13.5 Å². The smallest absolute Gasteiger partial charge is 0.0577 e. The summed E-state index contributed by atoms with van der Waals surface area (Å²) in [5.41, 5.74) is 2.69. The molecule has 0 aliphatic carbocycles. The van der Waals surface area contributed by atoms with Crippen molar-refractivity contribution in [1.29, 1.82) is 0 Å². The number of fused-ring (bicyclic) bond motifs is 8. The number of aromatic nitrogens is 1. The fraction of sp³-hybridized carbons (Fsp3) is 0.0909. The molecule has 0 atom stereocenters. The normalized spacial score (nSPS) is 11.9. The molecule has 0 radical (unpaired) electrons. The van der Waals surface area contributed by atoms with Gasteiger partial charge in [-0.2, -0.15) is 0 Å². The first-order chi connectivity index (χ1) is 11.4. The highest BCUT2D eigenvalue weighted by atomic mass is 15.0. The second kappa shape index (κ2) is 4.60. The zero-order chi connectivity index (χ0) is 15.4. The van der Waals surface area contributed by atoms with Gasteiger partial charge in [0.2, 0.25) is 0 Å². The maximum Gasteiger partial charge on any atom is 0.0577 e. The standard InChI is InChI=1S/C22H17N/c1-2-23-20-14-8-7-13-19(20)21-17-11-5-3-9-15(17)16-10-4-6-12-18(16)22(21)23/h3-14H,2H2,1H3. The Morgan fingerprint density at radius 2 is 1.13 bits per heavy atom. The van der Waals surface area contributed by atoms with Gasteiger partial charge in [-0.15, -0.1) is 0 Å². The van der Waals surface area contributed by atoms with Crippen molar-refractivity contribution in [3.05, 3.63) is 72.8 Å². The summed E-state index contributed by atoms with van der Waals surface area (Å²) >= 11 is 0. The Labute approximate surface area is 134 Å². The van der Waals surface area contributed by atoms with Gasteiger partial charge in [0.15, 0.2) is 0 Å². The summed E-state index contributed by atoms with van der Waals surface area (Å²) in [7, 11) is 0. The molecule has 1 nitrogen and oxygen atoms in total. The Bertz CT molecular complexity index is 1190. The Balaban J connectivity index is 2.26. The molecule has 0 N–H and O–H groups in total. The van der Waals surface area contributed by atoms with Gasteiger partial charge in [-0.3, -0.25) is 0 Å². The fourth-order valence-corrected chi connectivity index (χ4v) is 4.05. The summed E-state index contributed by atoms with van der Waals surface area (Å²) < 4.78 is 2.46. The third kappa shape index (κ3) is 1.57. The predicted molar refractivity (Wildman–Crippen MR) is 100 cm³/mol. The highest BCUT2D eigenvalue weighted by molar-refractivity contribution is 6.31. The van der Waals surface area contributed by atoms with Crippen LogP contribution in [-0.4, -0.2) is 4.57 Å². The van der Waals surface area contributed by atoms with Crippen molar-refractivity contribution in [3.63, 3.8) is 0 Å². The number of benzene rings is 4. The molecule has 0 fully saturated rings. The molecule has 0 bridgehead atoms. The van der Waals surface area contributed by atoms with Crippen LogP contribution in [0.4, 0.5) is 0 Å². The lowest BCUT2D eigenvalue weighted by molar-refractivity contribution is 0.829. The Morgan fingerprint density at radius 1 is 0.609 bits per heavy atom. The summed E-state index contributed by atoms with van der Waals surface area (Å²) in [4.78, 5) is 0. The van der Waals surface area contributed by atoms with Gasteiger partial charge >= 0.3 is 0 Å². The van der Waals surface area contributed by atoms with Crippen molar-refractivity contribution in [3.8, 4) is 0 Å².